The lowest BCUT2D eigenvalue weighted by Crippen LogP contribution is -2.35. The zero-order valence-electron chi connectivity index (χ0n) is 18.8. The fourth-order valence-corrected chi connectivity index (χ4v) is 6.54. The predicted molar refractivity (Wildman–Crippen MR) is 139 cm³/mol. The Bertz CT molecular complexity index is 1430. The van der Waals surface area contributed by atoms with E-state index in [9.17, 15) is 23.6 Å². The maximum Gasteiger partial charge on any atom is 0.348 e. The first-order valence-corrected chi connectivity index (χ1v) is 15.1. The molecule has 3 aromatic rings. The summed E-state index contributed by atoms with van der Waals surface area (Å²) in [7, 11) is -5.72. The van der Waals surface area contributed by atoms with Crippen LogP contribution < -0.4 is 20.9 Å². The zero-order valence-corrected chi connectivity index (χ0v) is 21.4. The molecule has 0 amide bonds. The SMILES string of the molecule is COP1(=O)N=C(c2c(O)c(-c3ccsc3)nn(CC3CC3)c2=O)Nc2ccc(NS(C)(O)O)cc21. The molecule has 1 aromatic carbocycles. The lowest BCUT2D eigenvalue weighted by molar-refractivity contribution is 0.404. The number of nitrogens with one attached hydrogen (secondary N) is 2. The van der Waals surface area contributed by atoms with Crippen LogP contribution in [0.25, 0.3) is 11.3 Å². The molecule has 11 nitrogen and oxygen atoms in total. The average molecular weight is 538 g/mol. The summed E-state index contributed by atoms with van der Waals surface area (Å²) in [5.74, 6) is -0.109. The van der Waals surface area contributed by atoms with Gasteiger partial charge in [-0.15, -0.1) is 10.8 Å². The Kier molecular flexibility index (Phi) is 6.02. The van der Waals surface area contributed by atoms with Gasteiger partial charge in [-0.05, 0) is 48.4 Å². The van der Waals surface area contributed by atoms with Gasteiger partial charge in [0.2, 0.25) is 0 Å². The van der Waals surface area contributed by atoms with Crippen molar-refractivity contribution < 1.29 is 23.3 Å². The van der Waals surface area contributed by atoms with Gasteiger partial charge in [-0.1, -0.05) is 0 Å². The summed E-state index contributed by atoms with van der Waals surface area (Å²) >= 11 is 1.43. The summed E-state index contributed by atoms with van der Waals surface area (Å²) in [6, 6.07) is 6.35. The van der Waals surface area contributed by atoms with Crippen LogP contribution in [-0.2, 0) is 15.6 Å². The molecular formula is C21H24N5O6PS2. The molecule has 0 bridgehead atoms. The molecule has 14 heteroatoms. The quantitative estimate of drug-likeness (QED) is 0.279. The van der Waals surface area contributed by atoms with Crippen molar-refractivity contribution in [3.05, 3.63) is 50.9 Å². The van der Waals surface area contributed by atoms with Crippen LogP contribution in [0.3, 0.4) is 0 Å². The Morgan fingerprint density at radius 2 is 2.11 bits per heavy atom. The lowest BCUT2D eigenvalue weighted by atomic mass is 10.1. The van der Waals surface area contributed by atoms with Crippen molar-refractivity contribution in [3.63, 3.8) is 0 Å². The Morgan fingerprint density at radius 3 is 2.74 bits per heavy atom. The molecule has 35 heavy (non-hydrogen) atoms. The molecule has 0 spiro atoms. The van der Waals surface area contributed by atoms with Crippen molar-refractivity contribution in [1.29, 1.82) is 0 Å². The summed E-state index contributed by atoms with van der Waals surface area (Å²) in [5, 5.41) is 22.4. The molecule has 0 radical (unpaired) electrons. The summed E-state index contributed by atoms with van der Waals surface area (Å²) in [6.07, 6.45) is 3.23. The fraction of sp³-hybridized carbons (Fsp3) is 0.286. The van der Waals surface area contributed by atoms with Crippen LogP contribution in [0.15, 0.2) is 44.6 Å². The molecule has 5 rings (SSSR count). The molecule has 1 unspecified atom stereocenters. The van der Waals surface area contributed by atoms with Crippen molar-refractivity contribution >= 4 is 52.1 Å². The molecule has 1 aliphatic carbocycles. The van der Waals surface area contributed by atoms with E-state index in [1.807, 2.05) is 10.8 Å². The molecule has 186 valence electrons. The first-order valence-electron chi connectivity index (χ1n) is 10.6. The van der Waals surface area contributed by atoms with Gasteiger partial charge in [0.05, 0.1) is 16.7 Å². The molecular weight excluding hydrogens is 513 g/mol. The molecule has 0 saturated heterocycles. The van der Waals surface area contributed by atoms with E-state index in [1.165, 1.54) is 35.5 Å². The molecule has 3 heterocycles. The summed E-state index contributed by atoms with van der Waals surface area (Å²) in [5.41, 5.74) is 0.844. The number of aromatic hydroxyl groups is 1. The first-order chi connectivity index (χ1) is 16.6. The smallest absolute Gasteiger partial charge is 0.348 e. The minimum Gasteiger partial charge on any atom is -0.505 e. The molecule has 1 atom stereocenters. The van der Waals surface area contributed by atoms with E-state index >= 15 is 0 Å². The van der Waals surface area contributed by atoms with Crippen molar-refractivity contribution in [3.8, 4) is 17.0 Å². The third kappa shape index (κ3) is 4.75. The number of thiophene rings is 1. The number of nitrogens with zero attached hydrogens (tertiary/aromatic N) is 3. The van der Waals surface area contributed by atoms with Crippen molar-refractivity contribution in [2.24, 2.45) is 10.7 Å². The number of anilines is 2. The molecule has 1 saturated carbocycles. The van der Waals surface area contributed by atoms with Gasteiger partial charge in [0.25, 0.3) is 5.56 Å². The molecule has 2 aliphatic rings. The van der Waals surface area contributed by atoms with Gasteiger partial charge < -0.3 is 14.9 Å². The first kappa shape index (κ1) is 24.0. The highest BCUT2D eigenvalue weighted by atomic mass is 32.3. The van der Waals surface area contributed by atoms with Gasteiger partial charge in [0, 0.05) is 30.9 Å². The lowest BCUT2D eigenvalue weighted by Gasteiger charge is -2.30. The number of rotatable bonds is 7. The minimum atomic E-state index is -3.89. The zero-order chi connectivity index (χ0) is 25.0. The Morgan fingerprint density at radius 1 is 1.34 bits per heavy atom. The number of benzene rings is 1. The van der Waals surface area contributed by atoms with Gasteiger partial charge in [0.15, 0.2) is 11.6 Å². The van der Waals surface area contributed by atoms with E-state index in [0.29, 0.717) is 29.4 Å². The molecule has 5 N–H and O–H groups in total. The maximum atomic E-state index is 13.7. The van der Waals surface area contributed by atoms with E-state index in [-0.39, 0.29) is 28.1 Å². The third-order valence-corrected chi connectivity index (χ3v) is 8.88. The minimum absolute atomic E-state index is 0.0888. The monoisotopic (exact) mass is 537 g/mol. The Balaban J connectivity index is 1.65. The van der Waals surface area contributed by atoms with E-state index in [2.05, 4.69) is 19.9 Å². The summed E-state index contributed by atoms with van der Waals surface area (Å²) < 4.78 is 46.6. The Labute approximate surface area is 206 Å². The number of amidine groups is 1. The van der Waals surface area contributed by atoms with E-state index < -0.39 is 23.9 Å². The second-order valence-corrected chi connectivity index (χ2v) is 13.2. The highest BCUT2D eigenvalue weighted by molar-refractivity contribution is 8.24. The Hall–Kier alpha value is -2.67. The number of hydrogen-bond donors (Lipinski definition) is 5. The highest BCUT2D eigenvalue weighted by Gasteiger charge is 2.36. The fourth-order valence-electron chi connectivity index (χ4n) is 3.79. The van der Waals surface area contributed by atoms with Gasteiger partial charge in [-0.25, -0.2) is 4.68 Å². The standard InChI is InChI=1S/C21H24N5O6PS2/c1-32-33(29)16-9-14(25-35(2,30)31)5-6-15(16)22-20(24-33)17-19(27)18(13-7-8-34-11-13)23-26(21(17)28)10-12-3-4-12/h5-9,11-12,25,27,30-31H,3-4,10H2,1-2H3,(H,22,24,29). The van der Waals surface area contributed by atoms with Gasteiger partial charge >= 0.3 is 7.52 Å². The van der Waals surface area contributed by atoms with Crippen LogP contribution in [0.4, 0.5) is 11.4 Å². The maximum absolute atomic E-state index is 13.7. The summed E-state index contributed by atoms with van der Waals surface area (Å²) in [6.45, 7) is 0.410. The van der Waals surface area contributed by atoms with E-state index in [4.69, 9.17) is 4.52 Å². The van der Waals surface area contributed by atoms with Gasteiger partial charge in [-0.2, -0.15) is 21.2 Å². The summed E-state index contributed by atoms with van der Waals surface area (Å²) in [4.78, 5) is 13.4. The number of aromatic nitrogens is 2. The third-order valence-electron chi connectivity index (χ3n) is 5.64. The van der Waals surface area contributed by atoms with Crippen molar-refractivity contribution in [1.82, 2.24) is 9.78 Å². The normalized spacial score (nSPS) is 20.1. The van der Waals surface area contributed by atoms with Crippen LogP contribution in [0.2, 0.25) is 0 Å². The van der Waals surface area contributed by atoms with Crippen LogP contribution in [-0.4, -0.2) is 43.2 Å². The topological polar surface area (TPSA) is 158 Å². The van der Waals surface area contributed by atoms with Crippen LogP contribution in [0.1, 0.15) is 18.4 Å². The second-order valence-electron chi connectivity index (χ2n) is 8.46. The second kappa shape index (κ2) is 8.77. The van der Waals surface area contributed by atoms with Crippen molar-refractivity contribution in [2.45, 2.75) is 19.4 Å². The van der Waals surface area contributed by atoms with Crippen LogP contribution >= 0.6 is 29.6 Å². The van der Waals surface area contributed by atoms with Crippen molar-refractivity contribution in [2.75, 3.05) is 23.4 Å². The number of fused-ring (bicyclic) bond motifs is 1. The van der Waals surface area contributed by atoms with E-state index in [0.717, 1.165) is 12.8 Å². The van der Waals surface area contributed by atoms with Crippen LogP contribution in [0.5, 0.6) is 5.75 Å². The van der Waals surface area contributed by atoms with Gasteiger partial charge in [0.1, 0.15) is 11.3 Å². The number of hydrogen-bond acceptors (Lipinski definition) is 10. The van der Waals surface area contributed by atoms with Crippen LogP contribution in [0, 0.1) is 5.92 Å². The predicted octanol–water partition coefficient (Wildman–Crippen LogP) is 4.13. The largest absolute Gasteiger partial charge is 0.505 e. The molecule has 1 aliphatic heterocycles. The highest BCUT2D eigenvalue weighted by Crippen LogP contribution is 2.52. The van der Waals surface area contributed by atoms with Gasteiger partial charge in [-0.3, -0.25) is 23.2 Å². The average Bonchev–Trinajstić information content (AvgIpc) is 3.44. The molecule has 1 fully saturated rings. The molecule has 2 aromatic heterocycles. The van der Waals surface area contributed by atoms with E-state index in [1.54, 1.807) is 18.2 Å².